The van der Waals surface area contributed by atoms with Crippen molar-refractivity contribution in [3.05, 3.63) is 54.6 Å². The molecule has 2 amide bonds. The molecule has 0 unspecified atom stereocenters. The summed E-state index contributed by atoms with van der Waals surface area (Å²) in [5.74, 6) is 2.24. The van der Waals surface area contributed by atoms with Crippen molar-refractivity contribution in [3.8, 4) is 11.5 Å². The fourth-order valence-electron chi connectivity index (χ4n) is 3.27. The second kappa shape index (κ2) is 6.44. The topological polar surface area (TPSA) is 58.6 Å². The van der Waals surface area contributed by atoms with Gasteiger partial charge in [0.1, 0.15) is 11.5 Å². The minimum absolute atomic E-state index is 0.0757. The third kappa shape index (κ3) is 2.98. The molecule has 1 N–H and O–H groups in total. The minimum Gasteiger partial charge on any atom is -0.457 e. The summed E-state index contributed by atoms with van der Waals surface area (Å²) in [5, 5.41) is 2.95. The SMILES string of the molecule is O=C1CC[C@]2(C(=O)Nc3ccc(Oc4ccccc4)cc3)SCCN12. The van der Waals surface area contributed by atoms with E-state index in [0.29, 0.717) is 30.8 Å². The number of carbonyl (C=O) groups excluding carboxylic acids is 2. The maximum Gasteiger partial charge on any atom is 0.260 e. The summed E-state index contributed by atoms with van der Waals surface area (Å²) in [6.07, 6.45) is 1.03. The first-order valence-electron chi connectivity index (χ1n) is 8.26. The monoisotopic (exact) mass is 354 g/mol. The highest BCUT2D eigenvalue weighted by Crippen LogP contribution is 2.45. The van der Waals surface area contributed by atoms with Crippen LogP contribution in [0.25, 0.3) is 0 Å². The molecule has 2 aromatic carbocycles. The smallest absolute Gasteiger partial charge is 0.260 e. The first-order valence-corrected chi connectivity index (χ1v) is 9.25. The van der Waals surface area contributed by atoms with E-state index in [4.69, 9.17) is 4.74 Å². The van der Waals surface area contributed by atoms with Gasteiger partial charge in [0.15, 0.2) is 4.87 Å². The average Bonchev–Trinajstić information content (AvgIpc) is 3.20. The zero-order chi connectivity index (χ0) is 17.3. The largest absolute Gasteiger partial charge is 0.457 e. The molecule has 2 aliphatic rings. The number of nitrogens with zero attached hydrogens (tertiary/aromatic N) is 1. The van der Waals surface area contributed by atoms with Crippen molar-refractivity contribution in [2.75, 3.05) is 17.6 Å². The molecule has 2 aliphatic heterocycles. The fourth-order valence-corrected chi connectivity index (χ4v) is 4.66. The van der Waals surface area contributed by atoms with Crippen LogP contribution in [0.15, 0.2) is 54.6 Å². The van der Waals surface area contributed by atoms with Crippen LogP contribution in [0.1, 0.15) is 12.8 Å². The van der Waals surface area contributed by atoms with Crippen molar-refractivity contribution in [2.45, 2.75) is 17.7 Å². The first kappa shape index (κ1) is 16.0. The fraction of sp³-hybridized carbons (Fsp3) is 0.263. The van der Waals surface area contributed by atoms with Gasteiger partial charge in [-0.1, -0.05) is 18.2 Å². The highest BCUT2D eigenvalue weighted by Gasteiger charge is 2.54. The number of anilines is 1. The van der Waals surface area contributed by atoms with Crippen LogP contribution in [0.3, 0.4) is 0 Å². The van der Waals surface area contributed by atoms with Gasteiger partial charge in [-0.15, -0.1) is 11.8 Å². The van der Waals surface area contributed by atoms with Gasteiger partial charge in [0.2, 0.25) is 5.91 Å². The predicted molar refractivity (Wildman–Crippen MR) is 97.7 cm³/mol. The molecule has 0 aliphatic carbocycles. The van der Waals surface area contributed by atoms with Crippen LogP contribution >= 0.6 is 11.8 Å². The zero-order valence-corrected chi connectivity index (χ0v) is 14.4. The van der Waals surface area contributed by atoms with Crippen LogP contribution in [0.4, 0.5) is 5.69 Å². The Morgan fingerprint density at radius 2 is 1.80 bits per heavy atom. The molecule has 0 bridgehead atoms. The van der Waals surface area contributed by atoms with E-state index in [1.165, 1.54) is 0 Å². The number of rotatable bonds is 4. The lowest BCUT2D eigenvalue weighted by Crippen LogP contribution is -2.48. The second-order valence-electron chi connectivity index (χ2n) is 6.07. The Kier molecular flexibility index (Phi) is 4.13. The quantitative estimate of drug-likeness (QED) is 0.913. The van der Waals surface area contributed by atoms with Gasteiger partial charge in [0, 0.05) is 24.4 Å². The summed E-state index contributed by atoms with van der Waals surface area (Å²) < 4.78 is 5.75. The molecule has 128 valence electrons. The highest BCUT2D eigenvalue weighted by molar-refractivity contribution is 8.01. The number of carbonyl (C=O) groups is 2. The van der Waals surface area contributed by atoms with Crippen LogP contribution < -0.4 is 10.1 Å². The van der Waals surface area contributed by atoms with Crippen molar-refractivity contribution in [2.24, 2.45) is 0 Å². The number of hydrogen-bond donors (Lipinski definition) is 1. The van der Waals surface area contributed by atoms with Gasteiger partial charge in [-0.05, 0) is 42.8 Å². The van der Waals surface area contributed by atoms with Gasteiger partial charge in [-0.2, -0.15) is 0 Å². The Balaban J connectivity index is 1.44. The molecule has 4 rings (SSSR count). The summed E-state index contributed by atoms with van der Waals surface area (Å²) >= 11 is 1.56. The summed E-state index contributed by atoms with van der Waals surface area (Å²) in [4.78, 5) is 25.7. The Morgan fingerprint density at radius 1 is 1.08 bits per heavy atom. The number of thioether (sulfide) groups is 1. The van der Waals surface area contributed by atoms with Crippen LogP contribution in [0, 0.1) is 0 Å². The maximum absolute atomic E-state index is 12.8. The molecule has 0 radical (unpaired) electrons. The van der Waals surface area contributed by atoms with Gasteiger partial charge >= 0.3 is 0 Å². The van der Waals surface area contributed by atoms with Crippen molar-refractivity contribution in [1.29, 1.82) is 0 Å². The lowest BCUT2D eigenvalue weighted by Gasteiger charge is -2.29. The third-order valence-electron chi connectivity index (χ3n) is 4.52. The molecule has 2 saturated heterocycles. The van der Waals surface area contributed by atoms with E-state index in [9.17, 15) is 9.59 Å². The predicted octanol–water partition coefficient (Wildman–Crippen LogP) is 3.48. The first-order chi connectivity index (χ1) is 12.2. The number of benzene rings is 2. The van der Waals surface area contributed by atoms with E-state index in [-0.39, 0.29) is 11.8 Å². The summed E-state index contributed by atoms with van der Waals surface area (Å²) in [6, 6.07) is 16.8. The number of fused-ring (bicyclic) bond motifs is 1. The van der Waals surface area contributed by atoms with Gasteiger partial charge < -0.3 is 15.0 Å². The van der Waals surface area contributed by atoms with Crippen molar-refractivity contribution >= 4 is 29.3 Å². The van der Waals surface area contributed by atoms with E-state index < -0.39 is 4.87 Å². The molecular weight excluding hydrogens is 336 g/mol. The van der Waals surface area contributed by atoms with Gasteiger partial charge in [0.05, 0.1) is 0 Å². The Morgan fingerprint density at radius 3 is 2.56 bits per heavy atom. The third-order valence-corrected chi connectivity index (χ3v) is 5.99. The zero-order valence-electron chi connectivity index (χ0n) is 13.6. The van der Waals surface area contributed by atoms with Gasteiger partial charge in [-0.3, -0.25) is 9.59 Å². The molecule has 25 heavy (non-hydrogen) atoms. The maximum atomic E-state index is 12.8. The molecule has 1 atom stereocenters. The van der Waals surface area contributed by atoms with E-state index in [1.807, 2.05) is 54.6 Å². The second-order valence-corrected chi connectivity index (χ2v) is 7.44. The molecule has 5 nitrogen and oxygen atoms in total. The molecule has 0 aromatic heterocycles. The van der Waals surface area contributed by atoms with E-state index in [2.05, 4.69) is 5.32 Å². The molecule has 0 spiro atoms. The molecular formula is C19H18N2O3S. The van der Waals surface area contributed by atoms with Gasteiger partial charge in [-0.25, -0.2) is 0 Å². The van der Waals surface area contributed by atoms with Gasteiger partial charge in [0.25, 0.3) is 5.91 Å². The highest BCUT2D eigenvalue weighted by atomic mass is 32.2. The molecule has 2 heterocycles. The molecule has 2 aromatic rings. The van der Waals surface area contributed by atoms with Crippen molar-refractivity contribution < 1.29 is 14.3 Å². The number of para-hydroxylation sites is 1. The number of ether oxygens (including phenoxy) is 1. The molecule has 6 heteroatoms. The molecule has 0 saturated carbocycles. The summed E-state index contributed by atoms with van der Waals surface area (Å²) in [7, 11) is 0. The van der Waals surface area contributed by atoms with Crippen LogP contribution in [-0.2, 0) is 9.59 Å². The molecule has 2 fully saturated rings. The standard InChI is InChI=1S/C19H18N2O3S/c22-17-10-11-19(21(17)12-13-25-19)18(23)20-14-6-8-16(9-7-14)24-15-4-2-1-3-5-15/h1-9H,10-13H2,(H,20,23)/t19-/m1/s1. The average molecular weight is 354 g/mol. The number of amides is 2. The summed E-state index contributed by atoms with van der Waals surface area (Å²) in [6.45, 7) is 0.654. The van der Waals surface area contributed by atoms with E-state index in [0.717, 1.165) is 11.5 Å². The Hall–Kier alpha value is -2.47. The normalized spacial score (nSPS) is 21.9. The van der Waals surface area contributed by atoms with E-state index >= 15 is 0 Å². The Labute approximate surface area is 150 Å². The van der Waals surface area contributed by atoms with E-state index in [1.54, 1.807) is 16.7 Å². The number of nitrogens with one attached hydrogen (secondary N) is 1. The lowest BCUT2D eigenvalue weighted by atomic mass is 10.2. The lowest BCUT2D eigenvalue weighted by molar-refractivity contribution is -0.133. The number of hydrogen-bond acceptors (Lipinski definition) is 4. The van der Waals surface area contributed by atoms with Crippen molar-refractivity contribution in [3.63, 3.8) is 0 Å². The Bertz CT molecular complexity index is 794. The van der Waals surface area contributed by atoms with Crippen LogP contribution in [-0.4, -0.2) is 33.9 Å². The minimum atomic E-state index is -0.726. The van der Waals surface area contributed by atoms with Crippen molar-refractivity contribution in [1.82, 2.24) is 4.90 Å². The summed E-state index contributed by atoms with van der Waals surface area (Å²) in [5.41, 5.74) is 0.701. The van der Waals surface area contributed by atoms with Crippen LogP contribution in [0.2, 0.25) is 0 Å². The van der Waals surface area contributed by atoms with Crippen LogP contribution in [0.5, 0.6) is 11.5 Å².